The van der Waals surface area contributed by atoms with Crippen molar-refractivity contribution in [2.24, 2.45) is 0 Å². The molecule has 2 atom stereocenters. The van der Waals surface area contributed by atoms with Gasteiger partial charge in [-0.05, 0) is 60.9 Å². The lowest BCUT2D eigenvalue weighted by molar-refractivity contribution is -0.123. The van der Waals surface area contributed by atoms with Crippen molar-refractivity contribution in [1.29, 1.82) is 0 Å². The second kappa shape index (κ2) is 10.6. The van der Waals surface area contributed by atoms with E-state index in [1.807, 2.05) is 47.4 Å². The molecule has 38 heavy (non-hydrogen) atoms. The number of para-hydroxylation sites is 2. The Morgan fingerprint density at radius 3 is 2.39 bits per heavy atom. The molecule has 0 radical (unpaired) electrons. The molecule has 3 aliphatic rings. The Bertz CT molecular complexity index is 1350. The van der Waals surface area contributed by atoms with E-state index in [2.05, 4.69) is 15.9 Å². The van der Waals surface area contributed by atoms with Crippen LogP contribution in [0.4, 0.5) is 11.4 Å². The first-order valence-corrected chi connectivity index (χ1v) is 13.8. The van der Waals surface area contributed by atoms with Crippen molar-refractivity contribution >= 4 is 46.5 Å². The van der Waals surface area contributed by atoms with Crippen molar-refractivity contribution in [3.05, 3.63) is 94.0 Å². The number of halogens is 2. The van der Waals surface area contributed by atoms with E-state index in [1.165, 1.54) is 12.8 Å². The zero-order chi connectivity index (χ0) is 26.2. The zero-order valence-corrected chi connectivity index (χ0v) is 22.4. The van der Waals surface area contributed by atoms with Crippen LogP contribution in [0.1, 0.15) is 35.2 Å². The minimum absolute atomic E-state index is 0.0179. The van der Waals surface area contributed by atoms with Crippen LogP contribution in [0.2, 0.25) is 10.0 Å². The Labute approximate surface area is 232 Å². The van der Waals surface area contributed by atoms with Crippen molar-refractivity contribution in [3.8, 4) is 0 Å². The van der Waals surface area contributed by atoms with Crippen LogP contribution in [0.15, 0.2) is 72.8 Å². The number of amides is 1. The lowest BCUT2D eigenvalue weighted by Crippen LogP contribution is -2.51. The van der Waals surface area contributed by atoms with Gasteiger partial charge in [0.15, 0.2) is 0 Å². The van der Waals surface area contributed by atoms with Gasteiger partial charge in [-0.15, -0.1) is 0 Å². The van der Waals surface area contributed by atoms with Gasteiger partial charge in [0.2, 0.25) is 5.91 Å². The SMILES string of the molecule is O=C(OC1CC(C(=O)N2CCN(C3CC3)c3ccccc32)N(Cc2cc(Cl)ccc2Cl)C1)c1ccccc1. The third-order valence-corrected chi connectivity index (χ3v) is 8.22. The van der Waals surface area contributed by atoms with Gasteiger partial charge in [-0.1, -0.05) is 53.5 Å². The lowest BCUT2D eigenvalue weighted by Gasteiger charge is -2.39. The number of esters is 1. The van der Waals surface area contributed by atoms with E-state index in [1.54, 1.807) is 24.3 Å². The number of rotatable bonds is 6. The summed E-state index contributed by atoms with van der Waals surface area (Å²) in [6, 6.07) is 22.6. The van der Waals surface area contributed by atoms with Crippen molar-refractivity contribution < 1.29 is 14.3 Å². The van der Waals surface area contributed by atoms with Gasteiger partial charge in [-0.3, -0.25) is 9.69 Å². The molecule has 1 amide bonds. The lowest BCUT2D eigenvalue weighted by atomic mass is 10.1. The van der Waals surface area contributed by atoms with E-state index >= 15 is 0 Å². The fraction of sp³-hybridized carbons (Fsp3) is 0.333. The molecule has 2 aliphatic heterocycles. The molecule has 1 saturated carbocycles. The average molecular weight is 550 g/mol. The fourth-order valence-electron chi connectivity index (χ4n) is 5.61. The van der Waals surface area contributed by atoms with Crippen LogP contribution in [0.3, 0.4) is 0 Å². The highest BCUT2D eigenvalue weighted by Crippen LogP contribution is 2.41. The van der Waals surface area contributed by atoms with Gasteiger partial charge in [0.1, 0.15) is 6.10 Å². The van der Waals surface area contributed by atoms with Crippen molar-refractivity contribution in [1.82, 2.24) is 4.90 Å². The molecule has 1 saturated heterocycles. The molecule has 2 heterocycles. The number of nitrogens with zero attached hydrogens (tertiary/aromatic N) is 3. The van der Waals surface area contributed by atoms with Gasteiger partial charge in [-0.2, -0.15) is 0 Å². The van der Waals surface area contributed by atoms with Crippen LogP contribution >= 0.6 is 23.2 Å². The van der Waals surface area contributed by atoms with Crippen LogP contribution in [-0.2, 0) is 16.1 Å². The van der Waals surface area contributed by atoms with E-state index < -0.39 is 12.1 Å². The topological polar surface area (TPSA) is 53.1 Å². The fourth-order valence-corrected chi connectivity index (χ4v) is 5.99. The molecule has 0 aromatic heterocycles. The molecule has 1 aliphatic carbocycles. The zero-order valence-electron chi connectivity index (χ0n) is 20.9. The first-order chi connectivity index (χ1) is 18.5. The number of carbonyl (C=O) groups is 2. The molecular weight excluding hydrogens is 521 g/mol. The van der Waals surface area contributed by atoms with Gasteiger partial charge in [0.25, 0.3) is 0 Å². The molecular formula is C30H29Cl2N3O3. The minimum atomic E-state index is -0.459. The molecule has 3 aromatic carbocycles. The Kier molecular flexibility index (Phi) is 7.04. The first kappa shape index (κ1) is 25.2. The van der Waals surface area contributed by atoms with Crippen LogP contribution in [0, 0.1) is 0 Å². The summed E-state index contributed by atoms with van der Waals surface area (Å²) in [5, 5.41) is 1.18. The largest absolute Gasteiger partial charge is 0.457 e. The highest BCUT2D eigenvalue weighted by molar-refractivity contribution is 6.33. The van der Waals surface area contributed by atoms with Crippen LogP contribution in [0.25, 0.3) is 0 Å². The molecule has 2 unspecified atom stereocenters. The normalized spacial score (nSPS) is 21.3. The number of ether oxygens (including phenoxy) is 1. The minimum Gasteiger partial charge on any atom is -0.457 e. The second-order valence-corrected chi connectivity index (χ2v) is 11.1. The summed E-state index contributed by atoms with van der Waals surface area (Å²) < 4.78 is 5.89. The second-order valence-electron chi connectivity index (χ2n) is 10.2. The van der Waals surface area contributed by atoms with E-state index in [4.69, 9.17) is 27.9 Å². The quantitative estimate of drug-likeness (QED) is 0.363. The summed E-state index contributed by atoms with van der Waals surface area (Å²) in [7, 11) is 0. The van der Waals surface area contributed by atoms with Gasteiger partial charge in [-0.25, -0.2) is 4.79 Å². The number of hydrogen-bond acceptors (Lipinski definition) is 5. The molecule has 0 bridgehead atoms. The maximum Gasteiger partial charge on any atom is 0.338 e. The standard InChI is InChI=1S/C30H29Cl2N3O3/c31-22-10-13-25(32)21(16-22)18-33-19-24(38-30(37)20-6-2-1-3-7-20)17-28(33)29(36)35-15-14-34(23-11-12-23)26-8-4-5-9-27(26)35/h1-10,13,16,23-24,28H,11-12,14-15,17-19H2. The third kappa shape index (κ3) is 5.13. The molecule has 8 heteroatoms. The first-order valence-electron chi connectivity index (χ1n) is 13.1. The predicted octanol–water partition coefficient (Wildman–Crippen LogP) is 5.81. The van der Waals surface area contributed by atoms with E-state index in [0.717, 1.165) is 23.5 Å². The molecule has 2 fully saturated rings. The third-order valence-electron chi connectivity index (χ3n) is 7.61. The smallest absolute Gasteiger partial charge is 0.338 e. The van der Waals surface area contributed by atoms with Crippen LogP contribution in [-0.4, -0.2) is 54.6 Å². The van der Waals surface area contributed by atoms with Gasteiger partial charge in [0, 0.05) is 48.7 Å². The predicted molar refractivity (Wildman–Crippen MR) is 150 cm³/mol. The summed E-state index contributed by atoms with van der Waals surface area (Å²) in [6.45, 7) is 2.30. The number of likely N-dealkylation sites (tertiary alicyclic amines) is 1. The van der Waals surface area contributed by atoms with E-state index in [9.17, 15) is 9.59 Å². The van der Waals surface area contributed by atoms with Gasteiger partial charge in [0.05, 0.1) is 23.0 Å². The van der Waals surface area contributed by atoms with Crippen LogP contribution in [0.5, 0.6) is 0 Å². The van der Waals surface area contributed by atoms with E-state index in [-0.39, 0.29) is 11.9 Å². The molecule has 0 spiro atoms. The average Bonchev–Trinajstić information content (AvgIpc) is 3.71. The number of carbonyl (C=O) groups excluding carboxylic acids is 2. The summed E-state index contributed by atoms with van der Waals surface area (Å²) >= 11 is 12.8. The maximum absolute atomic E-state index is 14.2. The van der Waals surface area contributed by atoms with Crippen molar-refractivity contribution in [2.45, 2.75) is 44.0 Å². The monoisotopic (exact) mass is 549 g/mol. The van der Waals surface area contributed by atoms with Gasteiger partial charge < -0.3 is 14.5 Å². The summed E-state index contributed by atoms with van der Waals surface area (Å²) in [5.74, 6) is -0.364. The van der Waals surface area contributed by atoms with Crippen molar-refractivity contribution in [2.75, 3.05) is 29.4 Å². The maximum atomic E-state index is 14.2. The van der Waals surface area contributed by atoms with Crippen molar-refractivity contribution in [3.63, 3.8) is 0 Å². The van der Waals surface area contributed by atoms with Crippen LogP contribution < -0.4 is 9.80 Å². The molecule has 3 aromatic rings. The highest BCUT2D eigenvalue weighted by Gasteiger charge is 2.43. The molecule has 6 rings (SSSR count). The van der Waals surface area contributed by atoms with E-state index in [0.29, 0.717) is 47.7 Å². The Morgan fingerprint density at radius 2 is 1.63 bits per heavy atom. The number of benzene rings is 3. The Hall–Kier alpha value is -3.06. The summed E-state index contributed by atoms with van der Waals surface area (Å²) in [6.07, 6.45) is 2.40. The molecule has 6 nitrogen and oxygen atoms in total. The number of hydrogen-bond donors (Lipinski definition) is 0. The Balaban J connectivity index is 1.27. The summed E-state index contributed by atoms with van der Waals surface area (Å²) in [4.78, 5) is 33.4. The molecule has 0 N–H and O–H groups in total. The summed E-state index contributed by atoms with van der Waals surface area (Å²) in [5.41, 5.74) is 3.40. The highest BCUT2D eigenvalue weighted by atomic mass is 35.5. The Morgan fingerprint density at radius 1 is 0.895 bits per heavy atom. The number of anilines is 2. The number of fused-ring (bicyclic) bond motifs is 1. The molecule has 196 valence electrons. The van der Waals surface area contributed by atoms with Gasteiger partial charge >= 0.3 is 5.97 Å².